The molecule has 0 atom stereocenters. The van der Waals surface area contributed by atoms with E-state index in [-0.39, 0.29) is 17.2 Å². The third-order valence-electron chi connectivity index (χ3n) is 3.74. The Morgan fingerprint density at radius 2 is 1.50 bits per heavy atom. The number of carbonyl (C=O) groups is 2. The molecule has 0 aliphatic carbocycles. The second-order valence-electron chi connectivity index (χ2n) is 6.61. The summed E-state index contributed by atoms with van der Waals surface area (Å²) in [4.78, 5) is 28.0. The molecule has 22 heavy (non-hydrogen) atoms. The maximum atomic E-state index is 12.2. The van der Waals surface area contributed by atoms with Gasteiger partial charge >= 0.3 is 0 Å². The second kappa shape index (κ2) is 6.77. The van der Waals surface area contributed by atoms with E-state index in [1.807, 2.05) is 62.1 Å². The topological polar surface area (TPSA) is 40.6 Å². The summed E-state index contributed by atoms with van der Waals surface area (Å²) in [6.07, 6.45) is 3.44. The molecule has 0 saturated carbocycles. The second-order valence-corrected chi connectivity index (χ2v) is 6.61. The van der Waals surface area contributed by atoms with E-state index in [1.54, 1.807) is 11.0 Å². The van der Waals surface area contributed by atoms with Crippen LogP contribution in [0.3, 0.4) is 0 Å². The van der Waals surface area contributed by atoms with Gasteiger partial charge in [0.25, 0.3) is 0 Å². The van der Waals surface area contributed by atoms with Crippen LogP contribution in [0.4, 0.5) is 0 Å². The molecular weight excluding hydrogens is 276 g/mol. The summed E-state index contributed by atoms with van der Waals surface area (Å²) in [6.45, 7) is 8.20. The molecule has 2 rings (SSSR count). The molecule has 0 radical (unpaired) electrons. The van der Waals surface area contributed by atoms with E-state index >= 15 is 0 Å². The Kier molecular flexibility index (Phi) is 5.01. The zero-order valence-corrected chi connectivity index (χ0v) is 13.6. The Balaban J connectivity index is 1.88. The summed E-state index contributed by atoms with van der Waals surface area (Å²) in [5.41, 5.74) is 0.650. The lowest BCUT2D eigenvalue weighted by Gasteiger charge is -2.37. The predicted molar refractivity (Wildman–Crippen MR) is 88.1 cm³/mol. The highest BCUT2D eigenvalue weighted by molar-refractivity contribution is 5.92. The Labute approximate surface area is 132 Å². The van der Waals surface area contributed by atoms with Crippen molar-refractivity contribution in [3.05, 3.63) is 42.0 Å². The molecule has 0 unspecified atom stereocenters. The van der Waals surface area contributed by atoms with Crippen molar-refractivity contribution in [3.8, 4) is 0 Å². The van der Waals surface area contributed by atoms with E-state index in [0.717, 1.165) is 5.56 Å². The highest BCUT2D eigenvalue weighted by atomic mass is 16.2. The Hall–Kier alpha value is -2.10. The van der Waals surface area contributed by atoms with E-state index in [1.165, 1.54) is 0 Å². The highest BCUT2D eigenvalue weighted by Crippen LogP contribution is 2.18. The molecule has 1 aliphatic heterocycles. The normalized spacial score (nSPS) is 16.1. The number of piperazine rings is 1. The fourth-order valence-corrected chi connectivity index (χ4v) is 2.44. The van der Waals surface area contributed by atoms with Crippen molar-refractivity contribution in [2.24, 2.45) is 5.41 Å². The standard InChI is InChI=1S/C18H24N2O2/c1-18(2,3)17(22)20-13-11-19(12-14-20)16(21)10-9-15-7-5-4-6-8-15/h4-10H,11-14H2,1-3H3/b10-9+. The van der Waals surface area contributed by atoms with Crippen LogP contribution < -0.4 is 0 Å². The quantitative estimate of drug-likeness (QED) is 0.787. The maximum absolute atomic E-state index is 12.2. The molecule has 1 aromatic carbocycles. The van der Waals surface area contributed by atoms with Crippen molar-refractivity contribution >= 4 is 17.9 Å². The van der Waals surface area contributed by atoms with Crippen molar-refractivity contribution in [3.63, 3.8) is 0 Å². The van der Waals surface area contributed by atoms with Gasteiger partial charge in [-0.15, -0.1) is 0 Å². The van der Waals surface area contributed by atoms with Gasteiger partial charge in [0.1, 0.15) is 0 Å². The minimum atomic E-state index is -0.362. The number of carbonyl (C=O) groups excluding carboxylic acids is 2. The summed E-state index contributed by atoms with van der Waals surface area (Å²) in [5, 5.41) is 0. The monoisotopic (exact) mass is 300 g/mol. The van der Waals surface area contributed by atoms with E-state index < -0.39 is 0 Å². The van der Waals surface area contributed by atoms with Gasteiger partial charge < -0.3 is 9.80 Å². The molecule has 4 nitrogen and oxygen atoms in total. The van der Waals surface area contributed by atoms with Gasteiger partial charge in [0, 0.05) is 37.7 Å². The molecule has 0 aromatic heterocycles. The summed E-state index contributed by atoms with van der Waals surface area (Å²) in [7, 11) is 0. The molecule has 1 aromatic rings. The Morgan fingerprint density at radius 3 is 2.05 bits per heavy atom. The van der Waals surface area contributed by atoms with E-state index in [0.29, 0.717) is 26.2 Å². The smallest absolute Gasteiger partial charge is 0.246 e. The molecule has 1 saturated heterocycles. The molecule has 0 spiro atoms. The minimum absolute atomic E-state index is 0.00621. The third kappa shape index (κ3) is 4.20. The van der Waals surface area contributed by atoms with Gasteiger partial charge in [0.2, 0.25) is 11.8 Å². The van der Waals surface area contributed by atoms with Crippen LogP contribution >= 0.6 is 0 Å². The van der Waals surface area contributed by atoms with Crippen LogP contribution in [-0.2, 0) is 9.59 Å². The number of nitrogens with zero attached hydrogens (tertiary/aromatic N) is 2. The van der Waals surface area contributed by atoms with Crippen LogP contribution in [0.25, 0.3) is 6.08 Å². The van der Waals surface area contributed by atoms with Crippen LogP contribution in [0.1, 0.15) is 26.3 Å². The minimum Gasteiger partial charge on any atom is -0.339 e. The summed E-state index contributed by atoms with van der Waals surface area (Å²) in [5.74, 6) is 0.158. The van der Waals surface area contributed by atoms with Crippen molar-refractivity contribution in [2.75, 3.05) is 26.2 Å². The largest absolute Gasteiger partial charge is 0.339 e. The van der Waals surface area contributed by atoms with E-state index in [9.17, 15) is 9.59 Å². The van der Waals surface area contributed by atoms with Gasteiger partial charge in [-0.05, 0) is 11.6 Å². The number of rotatable bonds is 2. The van der Waals surface area contributed by atoms with Crippen LogP contribution in [-0.4, -0.2) is 47.8 Å². The summed E-state index contributed by atoms with van der Waals surface area (Å²) >= 11 is 0. The first kappa shape index (κ1) is 16.3. The average molecular weight is 300 g/mol. The van der Waals surface area contributed by atoms with Crippen LogP contribution in [0.5, 0.6) is 0 Å². The van der Waals surface area contributed by atoms with Gasteiger partial charge in [-0.2, -0.15) is 0 Å². The molecule has 0 bridgehead atoms. The van der Waals surface area contributed by atoms with E-state index in [2.05, 4.69) is 0 Å². The van der Waals surface area contributed by atoms with Gasteiger partial charge in [-0.3, -0.25) is 9.59 Å². The van der Waals surface area contributed by atoms with Crippen LogP contribution in [0.15, 0.2) is 36.4 Å². The van der Waals surface area contributed by atoms with Gasteiger partial charge in [-0.25, -0.2) is 0 Å². The predicted octanol–water partition coefficient (Wildman–Crippen LogP) is 2.42. The third-order valence-corrected chi connectivity index (χ3v) is 3.74. The van der Waals surface area contributed by atoms with Crippen LogP contribution in [0, 0.1) is 5.41 Å². The Morgan fingerprint density at radius 1 is 0.955 bits per heavy atom. The molecule has 0 N–H and O–H groups in total. The molecule has 1 heterocycles. The van der Waals surface area contributed by atoms with Crippen molar-refractivity contribution in [1.29, 1.82) is 0 Å². The van der Waals surface area contributed by atoms with Gasteiger partial charge in [-0.1, -0.05) is 51.1 Å². The number of hydrogen-bond donors (Lipinski definition) is 0. The van der Waals surface area contributed by atoms with Crippen molar-refractivity contribution < 1.29 is 9.59 Å². The van der Waals surface area contributed by atoms with Gasteiger partial charge in [0.05, 0.1) is 0 Å². The number of amides is 2. The lowest BCUT2D eigenvalue weighted by molar-refractivity contribution is -0.143. The lowest BCUT2D eigenvalue weighted by atomic mass is 9.94. The molecule has 2 amide bonds. The molecule has 1 aliphatic rings. The molecule has 118 valence electrons. The summed E-state index contributed by atoms with van der Waals surface area (Å²) < 4.78 is 0. The number of benzene rings is 1. The van der Waals surface area contributed by atoms with Crippen molar-refractivity contribution in [1.82, 2.24) is 9.80 Å². The van der Waals surface area contributed by atoms with Crippen molar-refractivity contribution in [2.45, 2.75) is 20.8 Å². The fraction of sp³-hybridized carbons (Fsp3) is 0.444. The first-order valence-corrected chi connectivity index (χ1v) is 7.69. The zero-order chi connectivity index (χ0) is 16.2. The van der Waals surface area contributed by atoms with E-state index in [4.69, 9.17) is 0 Å². The van der Waals surface area contributed by atoms with Crippen LogP contribution in [0.2, 0.25) is 0 Å². The summed E-state index contributed by atoms with van der Waals surface area (Å²) in [6, 6.07) is 9.76. The van der Waals surface area contributed by atoms with Gasteiger partial charge in [0.15, 0.2) is 0 Å². The average Bonchev–Trinajstić information content (AvgIpc) is 2.52. The highest BCUT2D eigenvalue weighted by Gasteiger charge is 2.30. The lowest BCUT2D eigenvalue weighted by Crippen LogP contribution is -2.52. The SMILES string of the molecule is CC(C)(C)C(=O)N1CCN(C(=O)/C=C/c2ccccc2)CC1. The molecule has 4 heteroatoms. The first-order chi connectivity index (χ1) is 10.4. The zero-order valence-electron chi connectivity index (χ0n) is 13.6. The first-order valence-electron chi connectivity index (χ1n) is 7.69. The Bertz CT molecular complexity index is 550. The number of hydrogen-bond acceptors (Lipinski definition) is 2. The molecule has 1 fully saturated rings. The maximum Gasteiger partial charge on any atom is 0.246 e. The fourth-order valence-electron chi connectivity index (χ4n) is 2.44. The molecular formula is C18H24N2O2.